The van der Waals surface area contributed by atoms with E-state index in [1.807, 2.05) is 12.1 Å². The summed E-state index contributed by atoms with van der Waals surface area (Å²) >= 11 is 0. The van der Waals surface area contributed by atoms with Crippen LogP contribution < -0.4 is 0 Å². The van der Waals surface area contributed by atoms with Gasteiger partial charge in [-0.05, 0) is 92.7 Å². The van der Waals surface area contributed by atoms with Crippen molar-refractivity contribution < 1.29 is 8.78 Å². The van der Waals surface area contributed by atoms with Gasteiger partial charge in [0, 0.05) is 0 Å². The van der Waals surface area contributed by atoms with Crippen LogP contribution in [0.5, 0.6) is 0 Å². The second-order valence-electron chi connectivity index (χ2n) is 7.46. The topological polar surface area (TPSA) is 23.8 Å². The molecule has 0 heterocycles. The molecule has 0 N–H and O–H groups in total. The van der Waals surface area contributed by atoms with Gasteiger partial charge in [-0.15, -0.1) is 0 Å². The largest absolute Gasteiger partial charge is 0.216 e. The SMILES string of the molecule is N#Cc1ccc(C2CCC(C3CCC(/C=C/F)CC3)CC2)cc1F. The van der Waals surface area contributed by atoms with E-state index in [2.05, 4.69) is 0 Å². The number of halogens is 2. The third-order valence-electron chi connectivity index (χ3n) is 6.18. The van der Waals surface area contributed by atoms with Crippen molar-refractivity contribution in [3.8, 4) is 6.07 Å². The van der Waals surface area contributed by atoms with Crippen LogP contribution in [0.4, 0.5) is 8.78 Å². The molecule has 2 aliphatic rings. The van der Waals surface area contributed by atoms with Gasteiger partial charge in [0.15, 0.2) is 0 Å². The molecule has 0 saturated heterocycles. The predicted octanol–water partition coefficient (Wildman–Crippen LogP) is 6.26. The summed E-state index contributed by atoms with van der Waals surface area (Å²) in [6.07, 6.45) is 11.7. The average Bonchev–Trinajstić information content (AvgIpc) is 2.63. The average molecular weight is 329 g/mol. The molecule has 1 aromatic carbocycles. The van der Waals surface area contributed by atoms with Crippen LogP contribution in [-0.2, 0) is 0 Å². The normalized spacial score (nSPS) is 31.0. The second kappa shape index (κ2) is 7.92. The van der Waals surface area contributed by atoms with E-state index in [-0.39, 0.29) is 5.56 Å². The van der Waals surface area contributed by atoms with E-state index >= 15 is 0 Å². The van der Waals surface area contributed by atoms with Crippen LogP contribution in [0, 0.1) is 34.9 Å². The summed E-state index contributed by atoms with van der Waals surface area (Å²) < 4.78 is 26.1. The van der Waals surface area contributed by atoms with Crippen LogP contribution in [0.3, 0.4) is 0 Å². The minimum absolute atomic E-state index is 0.131. The molecule has 0 radical (unpaired) electrons. The first kappa shape index (κ1) is 17.1. The van der Waals surface area contributed by atoms with Gasteiger partial charge >= 0.3 is 0 Å². The van der Waals surface area contributed by atoms with E-state index in [0.29, 0.717) is 18.2 Å². The zero-order chi connectivity index (χ0) is 16.9. The molecule has 1 nitrogen and oxygen atoms in total. The second-order valence-corrected chi connectivity index (χ2v) is 7.46. The Bertz CT molecular complexity index is 615. The third kappa shape index (κ3) is 3.86. The predicted molar refractivity (Wildman–Crippen MR) is 91.5 cm³/mol. The van der Waals surface area contributed by atoms with Crippen molar-refractivity contribution in [3.63, 3.8) is 0 Å². The molecule has 2 saturated carbocycles. The van der Waals surface area contributed by atoms with E-state index < -0.39 is 5.82 Å². The molecule has 3 rings (SSSR count). The smallest absolute Gasteiger partial charge is 0.141 e. The lowest BCUT2D eigenvalue weighted by Gasteiger charge is -2.37. The summed E-state index contributed by atoms with van der Waals surface area (Å²) in [6, 6.07) is 6.96. The van der Waals surface area contributed by atoms with Crippen molar-refractivity contribution in [1.29, 1.82) is 5.26 Å². The van der Waals surface area contributed by atoms with E-state index in [4.69, 9.17) is 5.26 Å². The highest BCUT2D eigenvalue weighted by molar-refractivity contribution is 5.34. The van der Waals surface area contributed by atoms with Crippen LogP contribution in [0.25, 0.3) is 0 Å². The number of hydrogen-bond donors (Lipinski definition) is 0. The summed E-state index contributed by atoms with van der Waals surface area (Å²) in [7, 11) is 0. The van der Waals surface area contributed by atoms with E-state index in [9.17, 15) is 8.78 Å². The maximum Gasteiger partial charge on any atom is 0.141 e. The van der Waals surface area contributed by atoms with Crippen LogP contribution >= 0.6 is 0 Å². The fraction of sp³-hybridized carbons (Fsp3) is 0.571. The number of nitriles is 1. The highest BCUT2D eigenvalue weighted by Gasteiger charge is 2.31. The highest BCUT2D eigenvalue weighted by atomic mass is 19.1. The van der Waals surface area contributed by atoms with E-state index in [1.54, 1.807) is 18.2 Å². The minimum Gasteiger partial charge on any atom is -0.216 e. The van der Waals surface area contributed by atoms with Crippen molar-refractivity contribution in [2.24, 2.45) is 17.8 Å². The molecular formula is C21H25F2N. The standard InChI is InChI=1S/C21H25F2N/c22-12-11-15-1-3-16(4-2-15)17-5-7-18(8-6-17)19-9-10-20(14-24)21(23)13-19/h9-13,15-18H,1-8H2/b12-11+. The van der Waals surface area contributed by atoms with Gasteiger partial charge in [-0.2, -0.15) is 5.26 Å². The lowest BCUT2D eigenvalue weighted by atomic mass is 9.68. The zero-order valence-electron chi connectivity index (χ0n) is 14.1. The molecule has 0 spiro atoms. The van der Waals surface area contributed by atoms with Crippen molar-refractivity contribution in [2.45, 2.75) is 57.3 Å². The molecule has 2 aliphatic carbocycles. The molecular weight excluding hydrogens is 304 g/mol. The number of rotatable bonds is 3. The van der Waals surface area contributed by atoms with Gasteiger partial charge in [-0.25, -0.2) is 8.78 Å². The Morgan fingerprint density at radius 3 is 2.12 bits per heavy atom. The molecule has 128 valence electrons. The maximum atomic E-state index is 13.8. The molecule has 0 bridgehead atoms. The maximum absolute atomic E-state index is 13.8. The van der Waals surface area contributed by atoms with Crippen LogP contribution in [0.2, 0.25) is 0 Å². The first-order valence-corrected chi connectivity index (χ1v) is 9.17. The van der Waals surface area contributed by atoms with Gasteiger partial charge in [0.25, 0.3) is 0 Å². The molecule has 0 amide bonds. The van der Waals surface area contributed by atoms with Crippen LogP contribution in [-0.4, -0.2) is 0 Å². The quantitative estimate of drug-likeness (QED) is 0.642. The minimum atomic E-state index is -0.392. The number of benzene rings is 1. The summed E-state index contributed by atoms with van der Waals surface area (Å²) in [5, 5.41) is 8.84. The summed E-state index contributed by atoms with van der Waals surface area (Å²) in [5.74, 6) is 2.03. The van der Waals surface area contributed by atoms with Crippen molar-refractivity contribution >= 4 is 0 Å². The first-order valence-electron chi connectivity index (χ1n) is 9.17. The lowest BCUT2D eigenvalue weighted by molar-refractivity contribution is 0.171. The molecule has 3 heteroatoms. The van der Waals surface area contributed by atoms with Gasteiger partial charge in [0.05, 0.1) is 11.9 Å². The Labute approximate surface area is 143 Å². The molecule has 0 unspecified atom stereocenters. The van der Waals surface area contributed by atoms with Crippen molar-refractivity contribution in [2.75, 3.05) is 0 Å². The zero-order valence-corrected chi connectivity index (χ0v) is 14.1. The van der Waals surface area contributed by atoms with Gasteiger partial charge in [0.2, 0.25) is 0 Å². The van der Waals surface area contributed by atoms with Gasteiger partial charge in [-0.1, -0.05) is 12.1 Å². The van der Waals surface area contributed by atoms with Crippen LogP contribution in [0.15, 0.2) is 30.6 Å². The molecule has 1 aromatic rings. The Hall–Kier alpha value is -1.69. The van der Waals surface area contributed by atoms with E-state index in [1.165, 1.54) is 25.7 Å². The van der Waals surface area contributed by atoms with Crippen molar-refractivity contribution in [1.82, 2.24) is 0 Å². The highest BCUT2D eigenvalue weighted by Crippen LogP contribution is 2.44. The lowest BCUT2D eigenvalue weighted by Crippen LogP contribution is -2.25. The number of hydrogen-bond acceptors (Lipinski definition) is 1. The fourth-order valence-corrected chi connectivity index (χ4v) is 4.71. The number of allylic oxidation sites excluding steroid dienone is 1. The Kier molecular flexibility index (Phi) is 5.66. The molecule has 2 fully saturated rings. The third-order valence-corrected chi connectivity index (χ3v) is 6.18. The van der Waals surface area contributed by atoms with Gasteiger partial charge in [0.1, 0.15) is 11.9 Å². The molecule has 0 atom stereocenters. The first-order chi connectivity index (χ1) is 11.7. The fourth-order valence-electron chi connectivity index (χ4n) is 4.71. The van der Waals surface area contributed by atoms with Gasteiger partial charge in [-0.3, -0.25) is 0 Å². The number of nitrogens with zero attached hydrogens (tertiary/aromatic N) is 1. The molecule has 0 aromatic heterocycles. The van der Waals surface area contributed by atoms with Crippen molar-refractivity contribution in [3.05, 3.63) is 47.5 Å². The molecule has 0 aliphatic heterocycles. The van der Waals surface area contributed by atoms with Gasteiger partial charge < -0.3 is 0 Å². The van der Waals surface area contributed by atoms with E-state index in [0.717, 1.165) is 43.1 Å². The van der Waals surface area contributed by atoms with Crippen LogP contribution in [0.1, 0.15) is 68.4 Å². The Balaban J connectivity index is 1.53. The summed E-state index contributed by atoms with van der Waals surface area (Å²) in [5.41, 5.74) is 1.17. The molecule has 24 heavy (non-hydrogen) atoms. The monoisotopic (exact) mass is 329 g/mol. The summed E-state index contributed by atoms with van der Waals surface area (Å²) in [4.78, 5) is 0. The Morgan fingerprint density at radius 1 is 0.958 bits per heavy atom. The summed E-state index contributed by atoms with van der Waals surface area (Å²) in [6.45, 7) is 0. The Morgan fingerprint density at radius 2 is 1.58 bits per heavy atom.